The van der Waals surface area contributed by atoms with Gasteiger partial charge in [-0.25, -0.2) is 0 Å². The van der Waals surface area contributed by atoms with Crippen LogP contribution in [0.15, 0.2) is 18.2 Å². The number of hydrogen-bond acceptors (Lipinski definition) is 8. The first-order valence-electron chi connectivity index (χ1n) is 9.70. The number of rotatable bonds is 10. The van der Waals surface area contributed by atoms with E-state index in [-0.39, 0.29) is 24.9 Å². The molecule has 1 fully saturated rings. The molecule has 2 aliphatic rings. The molecule has 0 saturated carbocycles. The van der Waals surface area contributed by atoms with Crippen molar-refractivity contribution in [2.75, 3.05) is 26.6 Å². The first-order valence-corrected chi connectivity index (χ1v) is 9.70. The van der Waals surface area contributed by atoms with Crippen LogP contribution in [0.2, 0.25) is 0 Å². The zero-order valence-corrected chi connectivity index (χ0v) is 16.8. The van der Waals surface area contributed by atoms with Gasteiger partial charge in [0.15, 0.2) is 22.9 Å². The summed E-state index contributed by atoms with van der Waals surface area (Å²) in [5, 5.41) is 24.1. The second kappa shape index (κ2) is 8.99. The number of fused-ring (bicyclic) bond motifs is 1. The van der Waals surface area contributed by atoms with Crippen LogP contribution < -0.4 is 20.1 Å². The van der Waals surface area contributed by atoms with Crippen LogP contribution in [0, 0.1) is 5.92 Å². The van der Waals surface area contributed by atoms with Gasteiger partial charge in [0.2, 0.25) is 12.7 Å². The number of amides is 2. The Labute approximate surface area is 173 Å². The number of benzene rings is 1. The van der Waals surface area contributed by atoms with Gasteiger partial charge >= 0.3 is 0 Å². The van der Waals surface area contributed by atoms with Crippen molar-refractivity contribution in [3.63, 3.8) is 0 Å². The molecule has 3 atom stereocenters. The summed E-state index contributed by atoms with van der Waals surface area (Å²) in [6.45, 7) is 2.80. The Hall–Kier alpha value is -2.69. The number of carbonyl (C=O) groups excluding carboxylic acids is 3. The second-order valence-corrected chi connectivity index (χ2v) is 7.77. The zero-order valence-electron chi connectivity index (χ0n) is 16.8. The highest BCUT2D eigenvalue weighted by Crippen LogP contribution is 2.32. The number of ketones is 1. The fourth-order valence-electron chi connectivity index (χ4n) is 3.16. The lowest BCUT2D eigenvalue weighted by Crippen LogP contribution is -2.55. The summed E-state index contributed by atoms with van der Waals surface area (Å²) in [6.07, 6.45) is 0.323. The largest absolute Gasteiger partial charge is 0.454 e. The number of carbonyl (C=O) groups is 3. The molecule has 10 heteroatoms. The molecule has 3 rings (SSSR count). The topological polar surface area (TPSA) is 147 Å². The third kappa shape index (κ3) is 4.72. The summed E-state index contributed by atoms with van der Waals surface area (Å²) in [7, 11) is 0. The lowest BCUT2D eigenvalue weighted by molar-refractivity contribution is -0.133. The van der Waals surface area contributed by atoms with Crippen molar-refractivity contribution < 1.29 is 38.8 Å². The maximum absolute atomic E-state index is 12.7. The maximum Gasteiger partial charge on any atom is 0.252 e. The van der Waals surface area contributed by atoms with Crippen LogP contribution in [0.3, 0.4) is 0 Å². The summed E-state index contributed by atoms with van der Waals surface area (Å²) in [4.78, 5) is 37.9. The fourth-order valence-corrected chi connectivity index (χ4v) is 3.16. The molecule has 2 amide bonds. The van der Waals surface area contributed by atoms with Gasteiger partial charge in [0, 0.05) is 5.56 Å². The number of epoxide rings is 1. The van der Waals surface area contributed by atoms with E-state index in [0.717, 1.165) is 0 Å². The van der Waals surface area contributed by atoms with Gasteiger partial charge < -0.3 is 35.1 Å². The molecule has 164 valence electrons. The highest BCUT2D eigenvalue weighted by atomic mass is 16.7. The van der Waals surface area contributed by atoms with Gasteiger partial charge in [-0.1, -0.05) is 13.8 Å². The van der Waals surface area contributed by atoms with Crippen molar-refractivity contribution >= 4 is 17.6 Å². The molecule has 0 spiro atoms. The molecule has 0 aliphatic carbocycles. The van der Waals surface area contributed by atoms with Crippen LogP contribution in [-0.4, -0.2) is 72.1 Å². The minimum Gasteiger partial charge on any atom is -0.454 e. The van der Waals surface area contributed by atoms with Gasteiger partial charge in [0.25, 0.3) is 5.91 Å². The third-order valence-corrected chi connectivity index (χ3v) is 4.98. The van der Waals surface area contributed by atoms with E-state index in [1.807, 2.05) is 13.8 Å². The van der Waals surface area contributed by atoms with Gasteiger partial charge in [-0.3, -0.25) is 14.4 Å². The lowest BCUT2D eigenvalue weighted by atomic mass is 9.92. The Balaban J connectivity index is 1.66. The SMILES string of the molecule is CC(C)C[C@H](NC(=O)[C@H](CO)NC(=O)c1ccc2c(c1)OCO2)C(=O)[C@@]1(CO)CO1. The standard InChI is InChI=1S/C20H26N2O8/c1-11(2)5-13(17(25)20(8-24)9-30-20)21-19(27)14(7-23)22-18(26)12-3-4-15-16(6-12)29-10-28-15/h3-4,6,11,13-14,23-24H,5,7-10H2,1-2H3,(H,21,27)(H,22,26)/t13-,14-,20+/m0/s1. The number of ether oxygens (including phenoxy) is 3. The molecule has 0 radical (unpaired) electrons. The van der Waals surface area contributed by atoms with Crippen LogP contribution in [0.1, 0.15) is 30.6 Å². The van der Waals surface area contributed by atoms with E-state index in [4.69, 9.17) is 14.2 Å². The molecule has 1 aromatic carbocycles. The van der Waals surface area contributed by atoms with Crippen LogP contribution in [0.4, 0.5) is 0 Å². The molecule has 10 nitrogen and oxygen atoms in total. The minimum absolute atomic E-state index is 0.0619. The Bertz CT molecular complexity index is 821. The quantitative estimate of drug-likeness (QED) is 0.365. The highest BCUT2D eigenvalue weighted by Gasteiger charge is 2.54. The number of aliphatic hydroxyl groups excluding tert-OH is 2. The summed E-state index contributed by atoms with van der Waals surface area (Å²) in [6, 6.07) is 2.38. The lowest BCUT2D eigenvalue weighted by Gasteiger charge is -2.24. The highest BCUT2D eigenvalue weighted by molar-refractivity contribution is 6.00. The normalized spacial score (nSPS) is 21.1. The van der Waals surface area contributed by atoms with Gasteiger partial charge in [0.1, 0.15) is 6.04 Å². The Morgan fingerprint density at radius 1 is 1.10 bits per heavy atom. The summed E-state index contributed by atoms with van der Waals surface area (Å²) < 4.78 is 15.5. The van der Waals surface area contributed by atoms with E-state index < -0.39 is 48.5 Å². The summed E-state index contributed by atoms with van der Waals surface area (Å²) >= 11 is 0. The molecule has 4 N–H and O–H groups in total. The third-order valence-electron chi connectivity index (χ3n) is 4.98. The van der Waals surface area contributed by atoms with Gasteiger partial charge in [-0.05, 0) is 30.5 Å². The predicted octanol–water partition coefficient (Wildman–Crippen LogP) is -0.633. The number of aliphatic hydroxyl groups is 2. The van der Waals surface area contributed by atoms with Crippen molar-refractivity contribution in [3.8, 4) is 11.5 Å². The van der Waals surface area contributed by atoms with E-state index in [2.05, 4.69) is 10.6 Å². The first-order chi connectivity index (χ1) is 14.3. The number of nitrogens with one attached hydrogen (secondary N) is 2. The average Bonchev–Trinajstić information content (AvgIpc) is 3.39. The molecule has 30 heavy (non-hydrogen) atoms. The average molecular weight is 422 g/mol. The van der Waals surface area contributed by atoms with Crippen LogP contribution >= 0.6 is 0 Å². The van der Waals surface area contributed by atoms with E-state index in [0.29, 0.717) is 17.9 Å². The first kappa shape index (κ1) is 22.0. The molecule has 0 aromatic heterocycles. The molecule has 1 aromatic rings. The second-order valence-electron chi connectivity index (χ2n) is 7.77. The van der Waals surface area contributed by atoms with Crippen LogP contribution in [-0.2, 0) is 14.3 Å². The Kier molecular flexibility index (Phi) is 6.59. The van der Waals surface area contributed by atoms with E-state index in [1.165, 1.54) is 12.1 Å². The fraction of sp³-hybridized carbons (Fsp3) is 0.550. The molecule has 0 unspecified atom stereocenters. The molecular weight excluding hydrogens is 396 g/mol. The molecule has 2 heterocycles. The van der Waals surface area contributed by atoms with Gasteiger partial charge in [-0.2, -0.15) is 0 Å². The van der Waals surface area contributed by atoms with Crippen molar-refractivity contribution in [3.05, 3.63) is 23.8 Å². The van der Waals surface area contributed by atoms with Crippen molar-refractivity contribution in [1.29, 1.82) is 0 Å². The maximum atomic E-state index is 12.7. The minimum atomic E-state index is -1.28. The molecule has 0 bridgehead atoms. The van der Waals surface area contributed by atoms with Gasteiger partial charge in [-0.15, -0.1) is 0 Å². The van der Waals surface area contributed by atoms with Crippen molar-refractivity contribution in [2.45, 2.75) is 38.0 Å². The number of Topliss-reactive ketones (excluding diaryl/α,β-unsaturated/α-hetero) is 1. The molecular formula is C20H26N2O8. The van der Waals surface area contributed by atoms with Gasteiger partial charge in [0.05, 0.1) is 25.9 Å². The Morgan fingerprint density at radius 2 is 1.80 bits per heavy atom. The van der Waals surface area contributed by atoms with Crippen LogP contribution in [0.25, 0.3) is 0 Å². The van der Waals surface area contributed by atoms with E-state index in [9.17, 15) is 24.6 Å². The van der Waals surface area contributed by atoms with Crippen molar-refractivity contribution in [2.24, 2.45) is 5.92 Å². The number of hydrogen-bond donors (Lipinski definition) is 4. The van der Waals surface area contributed by atoms with E-state index >= 15 is 0 Å². The Morgan fingerprint density at radius 3 is 2.40 bits per heavy atom. The smallest absolute Gasteiger partial charge is 0.252 e. The van der Waals surface area contributed by atoms with Crippen molar-refractivity contribution in [1.82, 2.24) is 10.6 Å². The predicted molar refractivity (Wildman–Crippen MR) is 103 cm³/mol. The molecule has 2 aliphatic heterocycles. The van der Waals surface area contributed by atoms with E-state index in [1.54, 1.807) is 6.07 Å². The summed E-state index contributed by atoms with van der Waals surface area (Å²) in [5.74, 6) is -0.728. The monoisotopic (exact) mass is 422 g/mol. The summed E-state index contributed by atoms with van der Waals surface area (Å²) in [5.41, 5.74) is -1.05. The molecule has 1 saturated heterocycles. The zero-order chi connectivity index (χ0) is 21.9. The van der Waals surface area contributed by atoms with Crippen LogP contribution in [0.5, 0.6) is 11.5 Å².